The van der Waals surface area contributed by atoms with Gasteiger partial charge in [-0.3, -0.25) is 4.79 Å². The molecule has 0 saturated heterocycles. The van der Waals surface area contributed by atoms with E-state index in [9.17, 15) is 18.0 Å². The largest absolute Gasteiger partial charge is 0.416 e. The zero-order valence-electron chi connectivity index (χ0n) is 19.5. The number of amides is 1. The Labute approximate surface area is 194 Å². The predicted molar refractivity (Wildman–Crippen MR) is 125 cm³/mol. The summed E-state index contributed by atoms with van der Waals surface area (Å²) in [4.78, 5) is 14.7. The van der Waals surface area contributed by atoms with Gasteiger partial charge in [0.1, 0.15) is 0 Å². The smallest absolute Gasteiger partial charge is 0.382 e. The van der Waals surface area contributed by atoms with Crippen LogP contribution in [0, 0.1) is 0 Å². The molecule has 0 bridgehead atoms. The Morgan fingerprint density at radius 1 is 1.18 bits per heavy atom. The Morgan fingerprint density at radius 3 is 2.58 bits per heavy atom. The lowest BCUT2D eigenvalue weighted by Gasteiger charge is -2.31. The number of rotatable bonds is 9. The number of ether oxygens (including phenoxy) is 1. The van der Waals surface area contributed by atoms with Gasteiger partial charge in [-0.1, -0.05) is 24.3 Å². The number of anilines is 1. The van der Waals surface area contributed by atoms with Gasteiger partial charge in [-0.2, -0.15) is 13.2 Å². The molecule has 33 heavy (non-hydrogen) atoms. The molecule has 1 amide bonds. The van der Waals surface area contributed by atoms with Crippen LogP contribution in [-0.4, -0.2) is 43.2 Å². The third-order valence-corrected chi connectivity index (χ3v) is 6.65. The van der Waals surface area contributed by atoms with Crippen molar-refractivity contribution in [3.63, 3.8) is 0 Å². The second-order valence-corrected chi connectivity index (χ2v) is 8.78. The summed E-state index contributed by atoms with van der Waals surface area (Å²) in [5.41, 5.74) is 0.204. The predicted octanol–water partition coefficient (Wildman–Crippen LogP) is 6.34. The van der Waals surface area contributed by atoms with Crippen LogP contribution in [0.2, 0.25) is 0 Å². The van der Waals surface area contributed by atoms with E-state index in [0.29, 0.717) is 43.2 Å². The first kappa shape index (κ1) is 25.2. The highest BCUT2D eigenvalue weighted by molar-refractivity contribution is 6.04. The minimum absolute atomic E-state index is 0.149. The molecule has 3 unspecified atom stereocenters. The highest BCUT2D eigenvalue weighted by atomic mass is 19.4. The van der Waals surface area contributed by atoms with Gasteiger partial charge in [-0.15, -0.1) is 0 Å². The minimum Gasteiger partial charge on any atom is -0.382 e. The van der Waals surface area contributed by atoms with Gasteiger partial charge in [0.05, 0.1) is 5.56 Å². The van der Waals surface area contributed by atoms with Crippen LogP contribution in [0.3, 0.4) is 0 Å². The number of carbonyl (C=O) groups excluding carboxylic acids is 1. The number of hydrogen-bond donors (Lipinski definition) is 1. The second kappa shape index (κ2) is 11.2. The van der Waals surface area contributed by atoms with Gasteiger partial charge in [-0.05, 0) is 82.3 Å². The SMILES string of the molecule is CCOCCC(C)N(C)C1CCC(c2ccc(NC(=O)c3ccccc3)cc2C(F)(F)F)C1. The number of benzene rings is 2. The first-order valence-electron chi connectivity index (χ1n) is 11.6. The molecule has 1 aliphatic rings. The van der Waals surface area contributed by atoms with Gasteiger partial charge in [-0.25, -0.2) is 0 Å². The Hall–Kier alpha value is -2.38. The van der Waals surface area contributed by atoms with E-state index in [1.54, 1.807) is 36.4 Å². The molecule has 2 aromatic rings. The quantitative estimate of drug-likeness (QED) is 0.442. The van der Waals surface area contributed by atoms with Gasteiger partial charge < -0.3 is 15.0 Å². The number of carbonyl (C=O) groups is 1. The Morgan fingerprint density at radius 2 is 1.91 bits per heavy atom. The summed E-state index contributed by atoms with van der Waals surface area (Å²) in [6.07, 6.45) is -1.32. The molecule has 0 heterocycles. The Bertz CT molecular complexity index is 917. The van der Waals surface area contributed by atoms with Crippen LogP contribution in [0.1, 0.15) is 66.9 Å². The summed E-state index contributed by atoms with van der Waals surface area (Å²) in [5.74, 6) is -0.591. The summed E-state index contributed by atoms with van der Waals surface area (Å²) >= 11 is 0. The standard InChI is InChI=1S/C26H33F3N2O2/c1-4-33-15-14-18(2)31(3)22-12-10-20(16-22)23-13-11-21(17-24(23)26(27,28)29)30-25(32)19-8-6-5-7-9-19/h5-9,11,13,17-18,20,22H,4,10,12,14-16H2,1-3H3,(H,30,32). The summed E-state index contributed by atoms with van der Waals surface area (Å²) < 4.78 is 47.3. The van der Waals surface area contributed by atoms with Gasteiger partial charge in [0.15, 0.2) is 0 Å². The maximum Gasteiger partial charge on any atom is 0.416 e. The van der Waals surface area contributed by atoms with E-state index in [2.05, 4.69) is 24.2 Å². The molecule has 3 rings (SSSR count). The van der Waals surface area contributed by atoms with E-state index in [-0.39, 0.29) is 17.6 Å². The van der Waals surface area contributed by atoms with Crippen LogP contribution in [-0.2, 0) is 10.9 Å². The average molecular weight is 463 g/mol. The van der Waals surface area contributed by atoms with Crippen molar-refractivity contribution < 1.29 is 22.7 Å². The summed E-state index contributed by atoms with van der Waals surface area (Å²) in [5, 5.41) is 2.60. The molecule has 0 aliphatic heterocycles. The zero-order chi connectivity index (χ0) is 24.0. The number of hydrogen-bond acceptors (Lipinski definition) is 3. The van der Waals surface area contributed by atoms with Crippen molar-refractivity contribution in [3.8, 4) is 0 Å². The summed E-state index contributed by atoms with van der Waals surface area (Å²) in [6, 6.07) is 13.2. The van der Waals surface area contributed by atoms with Crippen molar-refractivity contribution in [2.24, 2.45) is 0 Å². The molecule has 1 fully saturated rings. The Balaban J connectivity index is 1.73. The zero-order valence-corrected chi connectivity index (χ0v) is 19.5. The lowest BCUT2D eigenvalue weighted by Crippen LogP contribution is -2.37. The maximum atomic E-state index is 14.0. The summed E-state index contributed by atoms with van der Waals surface area (Å²) in [6.45, 7) is 5.47. The second-order valence-electron chi connectivity index (χ2n) is 8.78. The monoisotopic (exact) mass is 462 g/mol. The van der Waals surface area contributed by atoms with E-state index >= 15 is 0 Å². The molecule has 1 aliphatic carbocycles. The van der Waals surface area contributed by atoms with Crippen LogP contribution in [0.15, 0.2) is 48.5 Å². The molecule has 0 radical (unpaired) electrons. The van der Waals surface area contributed by atoms with Crippen LogP contribution < -0.4 is 5.32 Å². The van der Waals surface area contributed by atoms with Crippen molar-refractivity contribution in [2.45, 2.75) is 63.7 Å². The van der Waals surface area contributed by atoms with Crippen molar-refractivity contribution in [3.05, 3.63) is 65.2 Å². The number of alkyl halides is 3. The summed E-state index contributed by atoms with van der Waals surface area (Å²) in [7, 11) is 2.05. The van der Waals surface area contributed by atoms with Crippen LogP contribution in [0.4, 0.5) is 18.9 Å². The molecule has 3 atom stereocenters. The molecule has 7 heteroatoms. The topological polar surface area (TPSA) is 41.6 Å². The highest BCUT2D eigenvalue weighted by Gasteiger charge is 2.38. The molecule has 2 aromatic carbocycles. The van der Waals surface area contributed by atoms with Crippen LogP contribution >= 0.6 is 0 Å². The maximum absolute atomic E-state index is 14.0. The molecular weight excluding hydrogens is 429 g/mol. The third kappa shape index (κ3) is 6.58. The number of halogens is 3. The molecular formula is C26H33F3N2O2. The van der Waals surface area contributed by atoms with Crippen molar-refractivity contribution in [1.82, 2.24) is 4.90 Å². The van der Waals surface area contributed by atoms with Crippen LogP contribution in [0.5, 0.6) is 0 Å². The fourth-order valence-corrected chi connectivity index (χ4v) is 4.60. The van der Waals surface area contributed by atoms with Crippen LogP contribution in [0.25, 0.3) is 0 Å². The lowest BCUT2D eigenvalue weighted by atomic mass is 9.91. The molecule has 1 saturated carbocycles. The van der Waals surface area contributed by atoms with Crippen molar-refractivity contribution >= 4 is 11.6 Å². The number of nitrogens with one attached hydrogen (secondary N) is 1. The molecule has 4 nitrogen and oxygen atoms in total. The molecule has 0 aromatic heterocycles. The van der Waals surface area contributed by atoms with E-state index in [1.165, 1.54) is 6.07 Å². The van der Waals surface area contributed by atoms with Crippen molar-refractivity contribution in [2.75, 3.05) is 25.6 Å². The first-order valence-corrected chi connectivity index (χ1v) is 11.6. The van der Waals surface area contributed by atoms with E-state index in [1.807, 2.05) is 6.92 Å². The molecule has 1 N–H and O–H groups in total. The van der Waals surface area contributed by atoms with E-state index < -0.39 is 17.6 Å². The third-order valence-electron chi connectivity index (χ3n) is 6.65. The minimum atomic E-state index is -4.49. The van der Waals surface area contributed by atoms with Gasteiger partial charge in [0.25, 0.3) is 5.91 Å². The first-order chi connectivity index (χ1) is 15.7. The molecule has 180 valence electrons. The fourth-order valence-electron chi connectivity index (χ4n) is 4.60. The average Bonchev–Trinajstić information content (AvgIpc) is 3.28. The normalized spacial score (nSPS) is 19.6. The van der Waals surface area contributed by atoms with Gasteiger partial charge >= 0.3 is 6.18 Å². The van der Waals surface area contributed by atoms with Gasteiger partial charge in [0.2, 0.25) is 0 Å². The lowest BCUT2D eigenvalue weighted by molar-refractivity contribution is -0.138. The van der Waals surface area contributed by atoms with E-state index in [4.69, 9.17) is 4.74 Å². The molecule has 0 spiro atoms. The van der Waals surface area contributed by atoms with E-state index in [0.717, 1.165) is 18.9 Å². The van der Waals surface area contributed by atoms with Gasteiger partial charge in [0, 0.05) is 36.5 Å². The number of nitrogens with zero attached hydrogens (tertiary/aromatic N) is 1. The van der Waals surface area contributed by atoms with Crippen molar-refractivity contribution in [1.29, 1.82) is 0 Å². The Kier molecular flexibility index (Phi) is 8.54. The highest BCUT2D eigenvalue weighted by Crippen LogP contribution is 2.44. The fraction of sp³-hybridized carbons (Fsp3) is 0.500.